The van der Waals surface area contributed by atoms with E-state index in [1.165, 1.54) is 38.8 Å². The summed E-state index contributed by atoms with van der Waals surface area (Å²) >= 11 is 0. The van der Waals surface area contributed by atoms with Crippen LogP contribution in [0.3, 0.4) is 0 Å². The molecule has 5 aromatic rings. The van der Waals surface area contributed by atoms with Crippen molar-refractivity contribution in [2.45, 2.75) is 24.7 Å². The van der Waals surface area contributed by atoms with Crippen LogP contribution in [0.15, 0.2) is 145 Å². The molecule has 0 amide bonds. The zero-order valence-electron chi connectivity index (χ0n) is 22.6. The topological polar surface area (TPSA) is 39.7 Å². The van der Waals surface area contributed by atoms with Gasteiger partial charge in [0.25, 0.3) is 0 Å². The maximum atomic E-state index is 5.34. The maximum Gasteiger partial charge on any atom is 0.133 e. The number of amidine groups is 1. The lowest BCUT2D eigenvalue weighted by atomic mass is 9.93. The van der Waals surface area contributed by atoms with Crippen molar-refractivity contribution in [1.29, 1.82) is 0 Å². The van der Waals surface area contributed by atoms with E-state index in [1.54, 1.807) is 0 Å². The Labute approximate surface area is 240 Å². The van der Waals surface area contributed by atoms with Crippen molar-refractivity contribution in [1.82, 2.24) is 0 Å². The largest absolute Gasteiger partial charge is 0.360 e. The summed E-state index contributed by atoms with van der Waals surface area (Å²) in [6.07, 6.45) is 9.87. The van der Waals surface area contributed by atoms with E-state index in [0.29, 0.717) is 6.04 Å². The fourth-order valence-corrected chi connectivity index (χ4v) is 6.41. The zero-order chi connectivity index (χ0) is 27.2. The number of hydrogen-bond acceptors (Lipinski definition) is 4. The lowest BCUT2D eigenvalue weighted by Gasteiger charge is -2.34. The zero-order valence-corrected chi connectivity index (χ0v) is 22.6. The standard InChI is InChI=1S/C37H30N4/c1-2-15-30(16-3-1)41-34-20-9-8-19-33(34)39-37(41)29-14-10-13-28(24-29)36-38-32-18-7-6-17-31(32)35(40-36)27-22-21-25-11-4-5-12-26(25)23-27/h1-15,17-24,30,35,37,39H,16H2,(H,38,40). The molecule has 2 aliphatic heterocycles. The van der Waals surface area contributed by atoms with Gasteiger partial charge in [0.1, 0.15) is 18.0 Å². The van der Waals surface area contributed by atoms with Gasteiger partial charge in [-0.1, -0.05) is 109 Å². The molecule has 41 heavy (non-hydrogen) atoms. The van der Waals surface area contributed by atoms with Gasteiger partial charge in [-0.15, -0.1) is 0 Å². The summed E-state index contributed by atoms with van der Waals surface area (Å²) in [5.41, 5.74) is 8.21. The van der Waals surface area contributed by atoms with Crippen LogP contribution >= 0.6 is 0 Å². The molecule has 2 heterocycles. The minimum Gasteiger partial charge on any atom is -0.360 e. The summed E-state index contributed by atoms with van der Waals surface area (Å²) in [7, 11) is 0. The quantitative estimate of drug-likeness (QED) is 0.244. The summed E-state index contributed by atoms with van der Waals surface area (Å²) in [6, 6.07) is 41.4. The van der Waals surface area contributed by atoms with Crippen LogP contribution in [0.2, 0.25) is 0 Å². The molecule has 0 bridgehead atoms. The van der Waals surface area contributed by atoms with Crippen molar-refractivity contribution >= 4 is 33.7 Å². The Hall–Kier alpha value is -5.09. The van der Waals surface area contributed by atoms with Gasteiger partial charge in [0, 0.05) is 16.8 Å². The van der Waals surface area contributed by atoms with E-state index in [-0.39, 0.29) is 12.2 Å². The highest BCUT2D eigenvalue weighted by Crippen LogP contribution is 2.44. The van der Waals surface area contributed by atoms with E-state index in [2.05, 4.69) is 155 Å². The molecule has 5 aromatic carbocycles. The molecule has 4 nitrogen and oxygen atoms in total. The van der Waals surface area contributed by atoms with E-state index < -0.39 is 0 Å². The third-order valence-electron chi connectivity index (χ3n) is 8.40. The predicted octanol–water partition coefficient (Wildman–Crippen LogP) is 8.62. The van der Waals surface area contributed by atoms with Crippen molar-refractivity contribution in [3.05, 3.63) is 162 Å². The molecule has 3 unspecified atom stereocenters. The van der Waals surface area contributed by atoms with Crippen molar-refractivity contribution in [3.63, 3.8) is 0 Å². The second kappa shape index (κ2) is 9.83. The first kappa shape index (κ1) is 23.8. The van der Waals surface area contributed by atoms with Crippen molar-refractivity contribution < 1.29 is 0 Å². The van der Waals surface area contributed by atoms with Crippen LogP contribution < -0.4 is 15.5 Å². The highest BCUT2D eigenvalue weighted by molar-refractivity contribution is 6.10. The first-order valence-electron chi connectivity index (χ1n) is 14.3. The van der Waals surface area contributed by atoms with Gasteiger partial charge in [0.2, 0.25) is 0 Å². The Morgan fingerprint density at radius 3 is 2.41 bits per heavy atom. The third-order valence-corrected chi connectivity index (χ3v) is 8.40. The van der Waals surface area contributed by atoms with Gasteiger partial charge in [-0.05, 0) is 58.7 Å². The van der Waals surface area contributed by atoms with Crippen LogP contribution in [-0.4, -0.2) is 11.9 Å². The number of nitrogens with one attached hydrogen (secondary N) is 2. The minimum absolute atomic E-state index is 0.0289. The van der Waals surface area contributed by atoms with Gasteiger partial charge in [0.15, 0.2) is 0 Å². The van der Waals surface area contributed by atoms with Crippen molar-refractivity contribution in [3.8, 4) is 0 Å². The Morgan fingerprint density at radius 2 is 1.51 bits per heavy atom. The Bertz CT molecular complexity index is 1870. The smallest absolute Gasteiger partial charge is 0.133 e. The molecule has 1 aliphatic carbocycles. The molecule has 3 aliphatic rings. The van der Waals surface area contributed by atoms with E-state index in [0.717, 1.165) is 23.5 Å². The molecule has 0 saturated heterocycles. The number of anilines is 3. The molecule has 0 radical (unpaired) electrons. The number of hydrogen-bond donors (Lipinski definition) is 2. The molecule has 2 N–H and O–H groups in total. The second-order valence-electron chi connectivity index (χ2n) is 10.9. The van der Waals surface area contributed by atoms with Gasteiger partial charge >= 0.3 is 0 Å². The molecular weight excluding hydrogens is 500 g/mol. The average molecular weight is 531 g/mol. The molecule has 3 atom stereocenters. The van der Waals surface area contributed by atoms with Gasteiger partial charge < -0.3 is 15.5 Å². The maximum absolute atomic E-state index is 5.34. The molecule has 4 heteroatoms. The number of rotatable bonds is 4. The number of allylic oxidation sites excluding steroid dienone is 2. The summed E-state index contributed by atoms with van der Waals surface area (Å²) in [4.78, 5) is 7.85. The minimum atomic E-state index is -0.0831. The van der Waals surface area contributed by atoms with Gasteiger partial charge in [0.05, 0.1) is 17.4 Å². The lowest BCUT2D eigenvalue weighted by molar-refractivity contribution is 0.632. The fraction of sp³-hybridized carbons (Fsp3) is 0.108. The van der Waals surface area contributed by atoms with Crippen LogP contribution in [0.25, 0.3) is 10.8 Å². The van der Waals surface area contributed by atoms with Crippen molar-refractivity contribution in [2.24, 2.45) is 4.99 Å². The number of aliphatic imine (C=N–C) groups is 1. The summed E-state index contributed by atoms with van der Waals surface area (Å²) in [6.45, 7) is 0. The summed E-state index contributed by atoms with van der Waals surface area (Å²) < 4.78 is 0. The van der Waals surface area contributed by atoms with Crippen LogP contribution in [0.4, 0.5) is 17.1 Å². The highest BCUT2D eigenvalue weighted by Gasteiger charge is 2.34. The van der Waals surface area contributed by atoms with Crippen LogP contribution in [0, 0.1) is 0 Å². The Kier molecular flexibility index (Phi) is 5.70. The number of benzene rings is 5. The average Bonchev–Trinajstić information content (AvgIpc) is 3.44. The molecule has 0 fully saturated rings. The number of fused-ring (bicyclic) bond motifs is 3. The van der Waals surface area contributed by atoms with Crippen LogP contribution in [0.5, 0.6) is 0 Å². The highest BCUT2D eigenvalue weighted by atomic mass is 15.3. The predicted molar refractivity (Wildman–Crippen MR) is 171 cm³/mol. The SMILES string of the molecule is C1=CCC(N2c3ccccc3NC2c2cccc(C3=NC(c4ccc5ccccc5c4)c4ccccc4N3)c2)C=C1. The van der Waals surface area contributed by atoms with Crippen molar-refractivity contribution in [2.75, 3.05) is 15.5 Å². The molecule has 0 saturated carbocycles. The van der Waals surface area contributed by atoms with Gasteiger partial charge in [-0.25, -0.2) is 0 Å². The first-order chi connectivity index (χ1) is 20.3. The van der Waals surface area contributed by atoms with E-state index in [4.69, 9.17) is 4.99 Å². The normalized spacial score (nSPS) is 20.6. The van der Waals surface area contributed by atoms with E-state index in [1.807, 2.05) is 0 Å². The van der Waals surface area contributed by atoms with Crippen LogP contribution in [-0.2, 0) is 0 Å². The monoisotopic (exact) mass is 530 g/mol. The molecule has 8 rings (SSSR count). The Balaban J connectivity index is 1.19. The molecule has 0 spiro atoms. The number of para-hydroxylation sites is 3. The third kappa shape index (κ3) is 4.20. The first-order valence-corrected chi connectivity index (χ1v) is 14.3. The van der Waals surface area contributed by atoms with E-state index >= 15 is 0 Å². The van der Waals surface area contributed by atoms with Gasteiger partial charge in [-0.2, -0.15) is 0 Å². The number of nitrogens with zero attached hydrogens (tertiary/aromatic N) is 2. The summed E-state index contributed by atoms with van der Waals surface area (Å²) in [5.74, 6) is 0.895. The van der Waals surface area contributed by atoms with E-state index in [9.17, 15) is 0 Å². The molecule has 0 aromatic heterocycles. The molecule has 198 valence electrons. The van der Waals surface area contributed by atoms with Crippen LogP contribution in [0.1, 0.15) is 40.9 Å². The summed E-state index contributed by atoms with van der Waals surface area (Å²) in [5, 5.41) is 9.94. The van der Waals surface area contributed by atoms with Gasteiger partial charge in [-0.3, -0.25) is 4.99 Å². The fourth-order valence-electron chi connectivity index (χ4n) is 6.41. The second-order valence-corrected chi connectivity index (χ2v) is 10.9. The molecular formula is C37H30N4. The lowest BCUT2D eigenvalue weighted by Crippen LogP contribution is -2.37. The Morgan fingerprint density at radius 1 is 0.683 bits per heavy atom.